The van der Waals surface area contributed by atoms with E-state index in [1.807, 2.05) is 0 Å². The van der Waals surface area contributed by atoms with Crippen molar-refractivity contribution in [3.63, 3.8) is 0 Å². The number of rotatable bonds is 6. The molecule has 0 saturated carbocycles. The number of amides is 1. The monoisotopic (exact) mass is 294 g/mol. The van der Waals surface area contributed by atoms with Gasteiger partial charge in [-0.15, -0.1) is 0 Å². The Morgan fingerprint density at radius 2 is 2.33 bits per heavy atom. The van der Waals surface area contributed by atoms with Crippen molar-refractivity contribution >= 4 is 5.91 Å². The van der Waals surface area contributed by atoms with Gasteiger partial charge in [-0.2, -0.15) is 0 Å². The van der Waals surface area contributed by atoms with Gasteiger partial charge in [0.15, 0.2) is 11.6 Å². The molecule has 1 aliphatic heterocycles. The lowest BCUT2D eigenvalue weighted by Gasteiger charge is -2.26. The summed E-state index contributed by atoms with van der Waals surface area (Å²) in [6.45, 7) is 3.83. The molecule has 1 saturated heterocycles. The van der Waals surface area contributed by atoms with Crippen LogP contribution in [0.5, 0.6) is 5.75 Å². The van der Waals surface area contributed by atoms with E-state index in [0.717, 1.165) is 25.8 Å². The van der Waals surface area contributed by atoms with Crippen molar-refractivity contribution in [1.29, 1.82) is 0 Å². The SMILES string of the molecule is CCCC1(C(=O)NCc2cccc(OC)c2F)CCNC1. The first kappa shape index (κ1) is 15.8. The zero-order valence-electron chi connectivity index (χ0n) is 12.7. The Morgan fingerprint density at radius 1 is 1.52 bits per heavy atom. The maximum absolute atomic E-state index is 14.1. The summed E-state index contributed by atoms with van der Waals surface area (Å²) in [6.07, 6.45) is 2.66. The number of halogens is 1. The number of ether oxygens (including phenoxy) is 1. The Hall–Kier alpha value is -1.62. The van der Waals surface area contributed by atoms with E-state index < -0.39 is 5.82 Å². The third kappa shape index (κ3) is 3.35. The molecule has 1 aromatic rings. The first-order valence-electron chi connectivity index (χ1n) is 7.43. The number of carbonyl (C=O) groups excluding carboxylic acids is 1. The minimum absolute atomic E-state index is 0.0107. The van der Waals surface area contributed by atoms with Crippen LogP contribution in [0.4, 0.5) is 4.39 Å². The number of benzene rings is 1. The van der Waals surface area contributed by atoms with Gasteiger partial charge in [-0.1, -0.05) is 25.5 Å². The minimum atomic E-state index is -0.408. The van der Waals surface area contributed by atoms with Crippen molar-refractivity contribution in [3.05, 3.63) is 29.6 Å². The van der Waals surface area contributed by atoms with Gasteiger partial charge >= 0.3 is 0 Å². The van der Waals surface area contributed by atoms with E-state index in [1.54, 1.807) is 18.2 Å². The summed E-state index contributed by atoms with van der Waals surface area (Å²) in [5, 5.41) is 6.14. The second-order valence-electron chi connectivity index (χ2n) is 5.57. The van der Waals surface area contributed by atoms with Crippen molar-refractivity contribution < 1.29 is 13.9 Å². The molecule has 1 aromatic carbocycles. The highest BCUT2D eigenvalue weighted by atomic mass is 19.1. The van der Waals surface area contributed by atoms with Crippen LogP contribution in [-0.4, -0.2) is 26.1 Å². The second kappa shape index (κ2) is 6.89. The maximum Gasteiger partial charge on any atom is 0.227 e. The van der Waals surface area contributed by atoms with Gasteiger partial charge in [0.25, 0.3) is 0 Å². The van der Waals surface area contributed by atoms with Crippen LogP contribution < -0.4 is 15.4 Å². The van der Waals surface area contributed by atoms with E-state index in [9.17, 15) is 9.18 Å². The number of methoxy groups -OCH3 is 1. The molecule has 5 heteroatoms. The second-order valence-corrected chi connectivity index (χ2v) is 5.57. The molecule has 1 heterocycles. The van der Waals surface area contributed by atoms with E-state index >= 15 is 0 Å². The normalized spacial score (nSPS) is 21.3. The Balaban J connectivity index is 2.03. The molecule has 1 aliphatic rings. The van der Waals surface area contributed by atoms with Crippen molar-refractivity contribution in [3.8, 4) is 5.75 Å². The highest BCUT2D eigenvalue weighted by Crippen LogP contribution is 2.31. The van der Waals surface area contributed by atoms with Gasteiger partial charge in [0.2, 0.25) is 5.91 Å². The van der Waals surface area contributed by atoms with Gasteiger partial charge in [-0.05, 0) is 25.5 Å². The standard InChI is InChI=1S/C16H23FN2O2/c1-3-7-16(8-9-18-11-16)15(20)19-10-12-5-4-6-13(21-2)14(12)17/h4-6,18H,3,7-11H2,1-2H3,(H,19,20). The highest BCUT2D eigenvalue weighted by molar-refractivity contribution is 5.83. The van der Waals surface area contributed by atoms with Crippen LogP contribution in [0.15, 0.2) is 18.2 Å². The van der Waals surface area contributed by atoms with Crippen LogP contribution in [0.3, 0.4) is 0 Å². The fraction of sp³-hybridized carbons (Fsp3) is 0.562. The molecule has 0 radical (unpaired) electrons. The first-order chi connectivity index (χ1) is 10.1. The summed E-state index contributed by atoms with van der Waals surface area (Å²) in [5.74, 6) is -0.196. The van der Waals surface area contributed by atoms with Crippen LogP contribution in [0, 0.1) is 11.2 Å². The van der Waals surface area contributed by atoms with Crippen molar-refractivity contribution in [2.75, 3.05) is 20.2 Å². The fourth-order valence-corrected chi connectivity index (χ4v) is 2.96. The molecule has 1 fully saturated rings. The van der Waals surface area contributed by atoms with Gasteiger partial charge in [0, 0.05) is 18.7 Å². The summed E-state index contributed by atoms with van der Waals surface area (Å²) < 4.78 is 19.0. The predicted octanol–water partition coefficient (Wildman–Crippen LogP) is 2.23. The zero-order valence-corrected chi connectivity index (χ0v) is 12.7. The summed E-state index contributed by atoms with van der Waals surface area (Å²) in [6, 6.07) is 4.96. The van der Waals surface area contributed by atoms with Crippen LogP contribution in [0.1, 0.15) is 31.7 Å². The Morgan fingerprint density at radius 3 is 2.95 bits per heavy atom. The van der Waals surface area contributed by atoms with Crippen LogP contribution >= 0.6 is 0 Å². The van der Waals surface area contributed by atoms with Crippen molar-refractivity contribution in [2.45, 2.75) is 32.7 Å². The molecule has 1 atom stereocenters. The summed E-state index contributed by atoms with van der Waals surface area (Å²) in [5.41, 5.74) is 0.102. The zero-order chi connectivity index (χ0) is 15.3. The molecular formula is C16H23FN2O2. The van der Waals surface area contributed by atoms with E-state index in [0.29, 0.717) is 12.1 Å². The average molecular weight is 294 g/mol. The molecule has 116 valence electrons. The summed E-state index contributed by atoms with van der Waals surface area (Å²) in [4.78, 5) is 12.5. The number of hydrogen-bond acceptors (Lipinski definition) is 3. The topological polar surface area (TPSA) is 50.4 Å². The first-order valence-corrected chi connectivity index (χ1v) is 7.43. The molecule has 2 rings (SSSR count). The molecule has 0 bridgehead atoms. The average Bonchev–Trinajstić information content (AvgIpc) is 2.96. The molecule has 4 nitrogen and oxygen atoms in total. The molecule has 2 N–H and O–H groups in total. The smallest absolute Gasteiger partial charge is 0.227 e. The van der Waals surface area contributed by atoms with E-state index in [1.165, 1.54) is 7.11 Å². The predicted molar refractivity (Wildman–Crippen MR) is 79.6 cm³/mol. The van der Waals surface area contributed by atoms with Gasteiger partial charge < -0.3 is 15.4 Å². The highest BCUT2D eigenvalue weighted by Gasteiger charge is 2.40. The van der Waals surface area contributed by atoms with E-state index in [4.69, 9.17) is 4.74 Å². The molecule has 0 aliphatic carbocycles. The maximum atomic E-state index is 14.1. The Kier molecular flexibility index (Phi) is 5.17. The molecule has 0 spiro atoms. The lowest BCUT2D eigenvalue weighted by molar-refractivity contribution is -0.130. The molecular weight excluding hydrogens is 271 g/mol. The van der Waals surface area contributed by atoms with Crippen LogP contribution in [0.2, 0.25) is 0 Å². The molecule has 21 heavy (non-hydrogen) atoms. The third-order valence-electron chi connectivity index (χ3n) is 4.16. The number of hydrogen-bond donors (Lipinski definition) is 2. The van der Waals surface area contributed by atoms with Gasteiger partial charge in [0.05, 0.1) is 12.5 Å². The number of nitrogens with one attached hydrogen (secondary N) is 2. The van der Waals surface area contributed by atoms with E-state index in [2.05, 4.69) is 17.6 Å². The third-order valence-corrected chi connectivity index (χ3v) is 4.16. The van der Waals surface area contributed by atoms with Crippen LogP contribution in [-0.2, 0) is 11.3 Å². The van der Waals surface area contributed by atoms with Gasteiger partial charge in [-0.25, -0.2) is 4.39 Å². The Labute approximate surface area is 125 Å². The van der Waals surface area contributed by atoms with Crippen LogP contribution in [0.25, 0.3) is 0 Å². The molecule has 0 aromatic heterocycles. The minimum Gasteiger partial charge on any atom is -0.494 e. The molecule has 1 unspecified atom stereocenters. The fourth-order valence-electron chi connectivity index (χ4n) is 2.96. The lowest BCUT2D eigenvalue weighted by atomic mass is 9.81. The number of carbonyl (C=O) groups is 1. The lowest BCUT2D eigenvalue weighted by Crippen LogP contribution is -2.42. The summed E-state index contributed by atoms with van der Waals surface area (Å²) >= 11 is 0. The largest absolute Gasteiger partial charge is 0.494 e. The molecule has 1 amide bonds. The quantitative estimate of drug-likeness (QED) is 0.846. The van der Waals surface area contributed by atoms with Gasteiger partial charge in [0.1, 0.15) is 0 Å². The van der Waals surface area contributed by atoms with Crippen molar-refractivity contribution in [1.82, 2.24) is 10.6 Å². The summed E-state index contributed by atoms with van der Waals surface area (Å²) in [7, 11) is 1.43. The van der Waals surface area contributed by atoms with E-state index in [-0.39, 0.29) is 23.6 Å². The van der Waals surface area contributed by atoms with Gasteiger partial charge in [-0.3, -0.25) is 4.79 Å². The Bertz CT molecular complexity index is 499. The van der Waals surface area contributed by atoms with Crippen molar-refractivity contribution in [2.24, 2.45) is 5.41 Å².